The topological polar surface area (TPSA) is 63.3 Å². The van der Waals surface area contributed by atoms with E-state index < -0.39 is 0 Å². The first-order chi connectivity index (χ1) is 11.3. The second-order valence-electron chi connectivity index (χ2n) is 5.85. The molecule has 1 unspecified atom stereocenters. The van der Waals surface area contributed by atoms with E-state index in [4.69, 9.17) is 9.47 Å². The molecule has 3 rings (SSSR count). The molecule has 0 spiro atoms. The lowest BCUT2D eigenvalue weighted by atomic mass is 10.2. The molecule has 2 aromatic rings. The summed E-state index contributed by atoms with van der Waals surface area (Å²) in [6.45, 7) is 4.77. The largest absolute Gasteiger partial charge is 0.497 e. The van der Waals surface area contributed by atoms with Crippen molar-refractivity contribution in [1.82, 2.24) is 20.1 Å². The van der Waals surface area contributed by atoms with Gasteiger partial charge < -0.3 is 9.47 Å². The van der Waals surface area contributed by atoms with Crippen LogP contribution in [0, 0.1) is 6.92 Å². The molecule has 1 atom stereocenters. The highest BCUT2D eigenvalue weighted by Gasteiger charge is 2.28. The van der Waals surface area contributed by atoms with E-state index in [0.29, 0.717) is 12.6 Å². The Hall–Kier alpha value is -2.08. The molecule has 6 heteroatoms. The number of benzene rings is 1. The number of aryl methyl sites for hydroxylation is 1. The van der Waals surface area contributed by atoms with Crippen molar-refractivity contribution in [2.45, 2.75) is 32.2 Å². The van der Waals surface area contributed by atoms with E-state index in [1.807, 2.05) is 31.2 Å². The maximum Gasteiger partial charge on any atom is 0.167 e. The van der Waals surface area contributed by atoms with Gasteiger partial charge in [-0.25, -0.2) is 4.98 Å². The molecule has 0 bridgehead atoms. The van der Waals surface area contributed by atoms with E-state index in [1.54, 1.807) is 7.11 Å². The fraction of sp³-hybridized carbons (Fsp3) is 0.529. The quantitative estimate of drug-likeness (QED) is 0.796. The molecule has 2 heterocycles. The second-order valence-corrected chi connectivity index (χ2v) is 5.85. The van der Waals surface area contributed by atoms with Crippen molar-refractivity contribution < 1.29 is 9.47 Å². The summed E-state index contributed by atoms with van der Waals surface area (Å²) < 4.78 is 10.9. The molecule has 1 aliphatic rings. The number of aromatic amines is 1. The number of nitrogens with zero attached hydrogens (tertiary/aromatic N) is 3. The average Bonchev–Trinajstić information content (AvgIpc) is 3.20. The number of rotatable bonds is 7. The number of aromatic nitrogens is 3. The number of likely N-dealkylation sites (tertiary alicyclic amines) is 1. The van der Waals surface area contributed by atoms with Crippen LogP contribution in [0.1, 0.15) is 37.0 Å². The lowest BCUT2D eigenvalue weighted by molar-refractivity contribution is 0.217. The van der Waals surface area contributed by atoms with Gasteiger partial charge in [0.05, 0.1) is 19.8 Å². The Morgan fingerprint density at radius 2 is 2.04 bits per heavy atom. The Balaban J connectivity index is 1.44. The van der Waals surface area contributed by atoms with Crippen LogP contribution in [0.15, 0.2) is 24.3 Å². The standard InChI is InChI=1S/C17H24N4O2/c1-13-18-17(20-19-13)16-5-3-10-21(16)11-4-12-23-15-8-6-14(22-2)7-9-15/h6-9,16H,3-5,10-12H2,1-2H3,(H,18,19,20). The second kappa shape index (κ2) is 7.46. The molecule has 1 saturated heterocycles. The number of ether oxygens (including phenoxy) is 2. The van der Waals surface area contributed by atoms with Gasteiger partial charge in [-0.1, -0.05) is 0 Å². The first kappa shape index (κ1) is 15.8. The first-order valence-electron chi connectivity index (χ1n) is 8.16. The van der Waals surface area contributed by atoms with Crippen molar-refractivity contribution in [3.8, 4) is 11.5 Å². The maximum absolute atomic E-state index is 5.79. The third-order valence-electron chi connectivity index (χ3n) is 4.19. The van der Waals surface area contributed by atoms with E-state index in [0.717, 1.165) is 49.1 Å². The summed E-state index contributed by atoms with van der Waals surface area (Å²) in [5, 5.41) is 7.26. The van der Waals surface area contributed by atoms with E-state index in [1.165, 1.54) is 6.42 Å². The third-order valence-corrected chi connectivity index (χ3v) is 4.19. The zero-order valence-electron chi connectivity index (χ0n) is 13.8. The minimum absolute atomic E-state index is 0.348. The molecular weight excluding hydrogens is 292 g/mol. The molecule has 1 fully saturated rings. The van der Waals surface area contributed by atoms with Crippen LogP contribution in [0.4, 0.5) is 0 Å². The summed E-state index contributed by atoms with van der Waals surface area (Å²) in [6, 6.07) is 8.05. The molecule has 1 aromatic heterocycles. The van der Waals surface area contributed by atoms with Crippen LogP contribution in [-0.4, -0.2) is 46.9 Å². The number of hydrogen-bond acceptors (Lipinski definition) is 5. The van der Waals surface area contributed by atoms with Crippen molar-refractivity contribution in [3.05, 3.63) is 35.9 Å². The van der Waals surface area contributed by atoms with E-state index in [9.17, 15) is 0 Å². The summed E-state index contributed by atoms with van der Waals surface area (Å²) in [5.41, 5.74) is 0. The van der Waals surface area contributed by atoms with Gasteiger partial charge in [-0.15, -0.1) is 0 Å². The summed E-state index contributed by atoms with van der Waals surface area (Å²) in [4.78, 5) is 6.94. The highest BCUT2D eigenvalue weighted by atomic mass is 16.5. The predicted octanol–water partition coefficient (Wildman–Crippen LogP) is 2.73. The summed E-state index contributed by atoms with van der Waals surface area (Å²) >= 11 is 0. The lowest BCUT2D eigenvalue weighted by Crippen LogP contribution is -2.26. The van der Waals surface area contributed by atoms with Crippen LogP contribution in [0.2, 0.25) is 0 Å². The molecule has 0 aliphatic carbocycles. The molecular formula is C17H24N4O2. The molecule has 0 radical (unpaired) electrons. The van der Waals surface area contributed by atoms with Crippen LogP contribution >= 0.6 is 0 Å². The molecule has 1 aromatic carbocycles. The first-order valence-corrected chi connectivity index (χ1v) is 8.16. The van der Waals surface area contributed by atoms with Crippen LogP contribution in [0.5, 0.6) is 11.5 Å². The van der Waals surface area contributed by atoms with Crippen molar-refractivity contribution in [2.75, 3.05) is 26.8 Å². The van der Waals surface area contributed by atoms with Crippen LogP contribution in [0.25, 0.3) is 0 Å². The van der Waals surface area contributed by atoms with Gasteiger partial charge in [-0.2, -0.15) is 5.10 Å². The Bertz CT molecular complexity index is 611. The van der Waals surface area contributed by atoms with Gasteiger partial charge in [0.2, 0.25) is 0 Å². The van der Waals surface area contributed by atoms with Gasteiger partial charge in [0.1, 0.15) is 17.3 Å². The monoisotopic (exact) mass is 316 g/mol. The van der Waals surface area contributed by atoms with Gasteiger partial charge in [0.15, 0.2) is 5.82 Å². The lowest BCUT2D eigenvalue weighted by Gasteiger charge is -2.22. The number of H-pyrrole nitrogens is 1. The van der Waals surface area contributed by atoms with E-state index >= 15 is 0 Å². The summed E-state index contributed by atoms with van der Waals surface area (Å²) in [5.74, 6) is 3.54. The average molecular weight is 316 g/mol. The number of methoxy groups -OCH3 is 1. The fourth-order valence-electron chi connectivity index (χ4n) is 3.02. The minimum atomic E-state index is 0.348. The van der Waals surface area contributed by atoms with Crippen LogP contribution in [-0.2, 0) is 0 Å². The Morgan fingerprint density at radius 3 is 2.74 bits per heavy atom. The highest BCUT2D eigenvalue weighted by Crippen LogP contribution is 2.29. The summed E-state index contributed by atoms with van der Waals surface area (Å²) in [7, 11) is 1.66. The molecule has 6 nitrogen and oxygen atoms in total. The number of hydrogen-bond donors (Lipinski definition) is 1. The van der Waals surface area contributed by atoms with Crippen molar-refractivity contribution in [1.29, 1.82) is 0 Å². The van der Waals surface area contributed by atoms with Crippen molar-refractivity contribution in [2.24, 2.45) is 0 Å². The predicted molar refractivity (Wildman–Crippen MR) is 87.8 cm³/mol. The molecule has 1 N–H and O–H groups in total. The van der Waals surface area contributed by atoms with Crippen molar-refractivity contribution >= 4 is 0 Å². The van der Waals surface area contributed by atoms with Crippen LogP contribution < -0.4 is 9.47 Å². The maximum atomic E-state index is 5.79. The molecule has 124 valence electrons. The van der Waals surface area contributed by atoms with E-state index in [-0.39, 0.29) is 0 Å². The SMILES string of the molecule is COc1ccc(OCCCN2CCCC2c2n[nH]c(C)n2)cc1. The number of nitrogens with one attached hydrogen (secondary N) is 1. The van der Waals surface area contributed by atoms with Gasteiger partial charge in [0, 0.05) is 6.54 Å². The zero-order chi connectivity index (χ0) is 16.1. The van der Waals surface area contributed by atoms with Crippen molar-refractivity contribution in [3.63, 3.8) is 0 Å². The Kier molecular flexibility index (Phi) is 5.12. The fourth-order valence-corrected chi connectivity index (χ4v) is 3.02. The summed E-state index contributed by atoms with van der Waals surface area (Å²) in [6.07, 6.45) is 3.33. The smallest absolute Gasteiger partial charge is 0.167 e. The van der Waals surface area contributed by atoms with E-state index in [2.05, 4.69) is 20.1 Å². The van der Waals surface area contributed by atoms with Crippen LogP contribution in [0.3, 0.4) is 0 Å². The minimum Gasteiger partial charge on any atom is -0.497 e. The molecule has 0 saturated carbocycles. The third kappa shape index (κ3) is 4.01. The Labute approximate surface area is 136 Å². The molecule has 1 aliphatic heterocycles. The molecule has 0 amide bonds. The van der Waals surface area contributed by atoms with Gasteiger partial charge in [-0.05, 0) is 57.0 Å². The molecule has 23 heavy (non-hydrogen) atoms. The van der Waals surface area contributed by atoms with Gasteiger partial charge >= 0.3 is 0 Å². The zero-order valence-corrected chi connectivity index (χ0v) is 13.8. The normalized spacial score (nSPS) is 18.3. The Morgan fingerprint density at radius 1 is 1.26 bits per heavy atom. The highest BCUT2D eigenvalue weighted by molar-refractivity contribution is 5.31. The van der Waals surface area contributed by atoms with Gasteiger partial charge in [0.25, 0.3) is 0 Å². The van der Waals surface area contributed by atoms with Gasteiger partial charge in [-0.3, -0.25) is 10.00 Å².